The van der Waals surface area contributed by atoms with E-state index in [0.717, 1.165) is 12.1 Å². The van der Waals surface area contributed by atoms with Gasteiger partial charge in [-0.2, -0.15) is 0 Å². The van der Waals surface area contributed by atoms with Crippen LogP contribution in [0.25, 0.3) is 0 Å². The van der Waals surface area contributed by atoms with Crippen LogP contribution in [0.5, 0.6) is 5.75 Å². The van der Waals surface area contributed by atoms with Crippen LogP contribution in [0.15, 0.2) is 53.7 Å². The first-order valence-electron chi connectivity index (χ1n) is 9.25. The third-order valence-electron chi connectivity index (χ3n) is 4.36. The molecule has 1 aliphatic rings. The van der Waals surface area contributed by atoms with Crippen molar-refractivity contribution in [3.8, 4) is 5.75 Å². The molecule has 0 radical (unpaired) electrons. The monoisotopic (exact) mass is 520 g/mol. The number of halogens is 4. The van der Waals surface area contributed by atoms with Crippen LogP contribution in [0.2, 0.25) is 0 Å². The maximum absolute atomic E-state index is 12.6. The number of para-hydroxylation sites is 1. The topological polar surface area (TPSA) is 58.5 Å². The number of guanidine groups is 1. The third kappa shape index (κ3) is 7.37. The van der Waals surface area contributed by atoms with Gasteiger partial charge in [0.15, 0.2) is 5.96 Å². The van der Waals surface area contributed by atoms with Gasteiger partial charge in [0.25, 0.3) is 0 Å². The largest absolute Gasteiger partial charge is 0.573 e. The highest BCUT2D eigenvalue weighted by atomic mass is 127. The minimum absolute atomic E-state index is 0. The van der Waals surface area contributed by atoms with E-state index in [1.165, 1.54) is 6.07 Å². The maximum atomic E-state index is 12.6. The summed E-state index contributed by atoms with van der Waals surface area (Å²) in [6, 6.07) is 12.1. The van der Waals surface area contributed by atoms with E-state index < -0.39 is 6.36 Å². The number of aliphatic imine (C=N–C) groups is 1. The van der Waals surface area contributed by atoms with E-state index in [1.54, 1.807) is 24.4 Å². The molecule has 1 aromatic carbocycles. The molecule has 1 fully saturated rings. The van der Waals surface area contributed by atoms with Crippen molar-refractivity contribution < 1.29 is 17.9 Å². The van der Waals surface area contributed by atoms with Crippen molar-refractivity contribution in [3.05, 3.63) is 59.9 Å². The number of nitrogens with zero attached hydrogens (tertiary/aromatic N) is 2. The summed E-state index contributed by atoms with van der Waals surface area (Å²) in [4.78, 5) is 8.81. The molecule has 0 spiro atoms. The lowest BCUT2D eigenvalue weighted by atomic mass is 10.1. The van der Waals surface area contributed by atoms with E-state index in [1.807, 2.05) is 25.1 Å². The van der Waals surface area contributed by atoms with Crippen LogP contribution in [0, 0.1) is 0 Å². The molecule has 1 saturated carbocycles. The van der Waals surface area contributed by atoms with Gasteiger partial charge in [0.2, 0.25) is 0 Å². The van der Waals surface area contributed by atoms with Gasteiger partial charge >= 0.3 is 6.36 Å². The Labute approximate surface area is 185 Å². The zero-order valence-corrected chi connectivity index (χ0v) is 18.3. The lowest BCUT2D eigenvalue weighted by molar-refractivity contribution is -0.274. The molecule has 2 atom stereocenters. The Bertz CT molecular complexity index is 802. The highest BCUT2D eigenvalue weighted by Crippen LogP contribution is 2.45. The summed E-state index contributed by atoms with van der Waals surface area (Å²) >= 11 is 0. The molecule has 0 amide bonds. The molecule has 0 aliphatic heterocycles. The van der Waals surface area contributed by atoms with E-state index in [-0.39, 0.29) is 41.7 Å². The molecule has 0 saturated heterocycles. The average Bonchev–Trinajstić information content (AvgIpc) is 3.41. The van der Waals surface area contributed by atoms with E-state index >= 15 is 0 Å². The van der Waals surface area contributed by atoms with Gasteiger partial charge in [0.05, 0.1) is 0 Å². The second kappa shape index (κ2) is 10.7. The first kappa shape index (κ1) is 23.2. The Balaban J connectivity index is 0.00000300. The normalized spacial score (nSPS) is 18.6. The number of hydrogen-bond donors (Lipinski definition) is 2. The van der Waals surface area contributed by atoms with Crippen molar-refractivity contribution in [1.29, 1.82) is 0 Å². The summed E-state index contributed by atoms with van der Waals surface area (Å²) in [5, 5.41) is 6.47. The fourth-order valence-electron chi connectivity index (χ4n) is 3.03. The van der Waals surface area contributed by atoms with E-state index in [9.17, 15) is 13.2 Å². The van der Waals surface area contributed by atoms with Crippen LogP contribution in [0.4, 0.5) is 13.2 Å². The summed E-state index contributed by atoms with van der Waals surface area (Å²) in [5.74, 6) is 0.472. The van der Waals surface area contributed by atoms with Gasteiger partial charge in [-0.25, -0.2) is 0 Å². The molecular weight excluding hydrogens is 496 g/mol. The van der Waals surface area contributed by atoms with Crippen LogP contribution < -0.4 is 15.4 Å². The Morgan fingerprint density at radius 1 is 1.21 bits per heavy atom. The summed E-state index contributed by atoms with van der Waals surface area (Å²) in [5.41, 5.74) is 1.52. The molecule has 2 N–H and O–H groups in total. The molecule has 29 heavy (non-hydrogen) atoms. The smallest absolute Gasteiger partial charge is 0.405 e. The predicted molar refractivity (Wildman–Crippen MR) is 117 cm³/mol. The van der Waals surface area contributed by atoms with Gasteiger partial charge in [-0.05, 0) is 37.1 Å². The van der Waals surface area contributed by atoms with E-state index in [0.29, 0.717) is 31.0 Å². The molecule has 1 aromatic heterocycles. The zero-order valence-electron chi connectivity index (χ0n) is 15.9. The van der Waals surface area contributed by atoms with Gasteiger partial charge < -0.3 is 15.4 Å². The van der Waals surface area contributed by atoms with Crippen molar-refractivity contribution in [2.24, 2.45) is 4.99 Å². The van der Waals surface area contributed by atoms with Crippen LogP contribution in [0.1, 0.15) is 30.5 Å². The minimum Gasteiger partial charge on any atom is -0.405 e. The van der Waals surface area contributed by atoms with E-state index in [4.69, 9.17) is 0 Å². The van der Waals surface area contributed by atoms with E-state index in [2.05, 4.69) is 25.3 Å². The van der Waals surface area contributed by atoms with Crippen molar-refractivity contribution in [1.82, 2.24) is 15.6 Å². The fourth-order valence-corrected chi connectivity index (χ4v) is 3.03. The molecule has 2 unspecified atom stereocenters. The van der Waals surface area contributed by atoms with Gasteiger partial charge in [-0.3, -0.25) is 9.98 Å². The third-order valence-corrected chi connectivity index (χ3v) is 4.36. The average molecular weight is 520 g/mol. The van der Waals surface area contributed by atoms with Gasteiger partial charge in [-0.1, -0.05) is 24.3 Å². The minimum atomic E-state index is -4.70. The fraction of sp³-hybridized carbons (Fsp3) is 0.400. The molecule has 1 aliphatic carbocycles. The first-order valence-corrected chi connectivity index (χ1v) is 9.25. The predicted octanol–water partition coefficient (Wildman–Crippen LogP) is 4.25. The number of hydrogen-bond acceptors (Lipinski definition) is 3. The first-order chi connectivity index (χ1) is 13.5. The summed E-state index contributed by atoms with van der Waals surface area (Å²) in [6.45, 7) is 3.23. The van der Waals surface area contributed by atoms with Gasteiger partial charge in [0, 0.05) is 43.4 Å². The Hall–Kier alpha value is -2.04. The summed E-state index contributed by atoms with van der Waals surface area (Å²) in [7, 11) is 0. The number of alkyl halides is 3. The van der Waals surface area contributed by atoms with Crippen molar-refractivity contribution in [2.45, 2.75) is 38.1 Å². The lowest BCUT2D eigenvalue weighted by Gasteiger charge is -2.14. The molecule has 3 rings (SSSR count). The van der Waals surface area contributed by atoms with Crippen LogP contribution >= 0.6 is 24.0 Å². The molecule has 0 bridgehead atoms. The number of rotatable bonds is 7. The second-order valence-electron chi connectivity index (χ2n) is 6.51. The Kier molecular flexibility index (Phi) is 8.54. The Morgan fingerprint density at radius 3 is 2.66 bits per heavy atom. The molecule has 9 heteroatoms. The summed E-state index contributed by atoms with van der Waals surface area (Å²) < 4.78 is 42.0. The van der Waals surface area contributed by atoms with Gasteiger partial charge in [-0.15, -0.1) is 37.1 Å². The molecule has 5 nitrogen and oxygen atoms in total. The number of ether oxygens (including phenoxy) is 1. The van der Waals surface area contributed by atoms with Gasteiger partial charge in [0.1, 0.15) is 5.75 Å². The molecule has 2 aromatic rings. The highest BCUT2D eigenvalue weighted by molar-refractivity contribution is 14.0. The second-order valence-corrected chi connectivity index (χ2v) is 6.51. The van der Waals surface area contributed by atoms with Crippen LogP contribution in [-0.2, 0) is 6.42 Å². The van der Waals surface area contributed by atoms with Crippen molar-refractivity contribution in [2.75, 3.05) is 13.1 Å². The van der Waals surface area contributed by atoms with Crippen LogP contribution in [-0.4, -0.2) is 36.4 Å². The molecule has 1 heterocycles. The van der Waals surface area contributed by atoms with Crippen molar-refractivity contribution in [3.63, 3.8) is 0 Å². The number of pyridine rings is 1. The standard InChI is InChI=1S/C20H23F3N4O.HI/c1-2-24-19(26-12-10-14-7-5-6-11-25-14)27-17-13-16(17)15-8-3-4-9-18(15)28-20(21,22)23;/h3-9,11,16-17H,2,10,12-13H2,1H3,(H2,24,26,27);1H. The SMILES string of the molecule is CCNC(=NCCc1ccccn1)NC1CC1c1ccccc1OC(F)(F)F.I. The molecular formula is C20H24F3IN4O. The zero-order chi connectivity index (χ0) is 20.0. The Morgan fingerprint density at radius 2 is 1.97 bits per heavy atom. The maximum Gasteiger partial charge on any atom is 0.573 e. The molecule has 158 valence electrons. The number of benzene rings is 1. The highest BCUT2D eigenvalue weighted by Gasteiger charge is 2.42. The number of aromatic nitrogens is 1. The lowest BCUT2D eigenvalue weighted by Crippen LogP contribution is -2.39. The summed E-state index contributed by atoms with van der Waals surface area (Å²) in [6.07, 6.45) is -1.51. The van der Waals surface area contributed by atoms with Crippen molar-refractivity contribution >= 4 is 29.9 Å². The number of nitrogens with one attached hydrogen (secondary N) is 2. The van der Waals surface area contributed by atoms with Crippen LogP contribution in [0.3, 0.4) is 0 Å². The quantitative estimate of drug-likeness (QED) is 0.326.